The second kappa shape index (κ2) is 7.02. The summed E-state index contributed by atoms with van der Waals surface area (Å²) in [5.41, 5.74) is 0.858. The van der Waals surface area contributed by atoms with Gasteiger partial charge in [0.25, 0.3) is 0 Å². The maximum atomic E-state index is 12.2. The molecule has 2 rings (SSSR count). The molecular weight excluding hydrogens is 294 g/mol. The number of nitrogens with one attached hydrogen (secondary N) is 1. The number of sulfonamides is 1. The maximum Gasteiger partial charge on any atom is 0.310 e. The van der Waals surface area contributed by atoms with Crippen LogP contribution in [0.2, 0.25) is 0 Å². The Hall–Kier alpha value is -1.44. The second-order valence-corrected chi connectivity index (χ2v) is 6.86. The van der Waals surface area contributed by atoms with Gasteiger partial charge in [-0.15, -0.1) is 0 Å². The fourth-order valence-corrected chi connectivity index (χ4v) is 4.05. The van der Waals surface area contributed by atoms with Crippen molar-refractivity contribution >= 4 is 16.0 Å². The van der Waals surface area contributed by atoms with Crippen LogP contribution in [0.4, 0.5) is 0 Å². The Balaban J connectivity index is 1.93. The molecule has 0 heterocycles. The van der Waals surface area contributed by atoms with Gasteiger partial charge in [-0.25, -0.2) is 8.42 Å². The molecule has 1 fully saturated rings. The molecule has 1 N–H and O–H groups in total. The van der Waals surface area contributed by atoms with Crippen LogP contribution in [-0.2, 0) is 31.0 Å². The molecule has 0 amide bonds. The van der Waals surface area contributed by atoms with E-state index in [1.807, 2.05) is 30.3 Å². The molecule has 116 valence electrons. The van der Waals surface area contributed by atoms with Crippen molar-refractivity contribution in [2.75, 3.05) is 7.11 Å². The van der Waals surface area contributed by atoms with Crippen molar-refractivity contribution < 1.29 is 22.8 Å². The fourth-order valence-electron chi connectivity index (χ4n) is 2.55. The van der Waals surface area contributed by atoms with Gasteiger partial charge in [0.05, 0.1) is 24.9 Å². The van der Waals surface area contributed by atoms with Gasteiger partial charge in [-0.2, -0.15) is 0 Å². The van der Waals surface area contributed by atoms with E-state index in [0.717, 1.165) is 5.56 Å². The van der Waals surface area contributed by atoms with Gasteiger partial charge in [0.2, 0.25) is 10.0 Å². The molecule has 0 aromatic heterocycles. The lowest BCUT2D eigenvalue weighted by Gasteiger charge is -2.18. The molecule has 1 aliphatic carbocycles. The number of rotatable bonds is 6. The van der Waals surface area contributed by atoms with Crippen LogP contribution in [0.25, 0.3) is 0 Å². The first kappa shape index (κ1) is 15.9. The molecule has 0 radical (unpaired) electrons. The molecule has 1 aromatic carbocycles. The van der Waals surface area contributed by atoms with E-state index in [0.29, 0.717) is 19.3 Å². The zero-order valence-electron chi connectivity index (χ0n) is 11.8. The normalized spacial score (nSPS) is 22.1. The smallest absolute Gasteiger partial charge is 0.310 e. The van der Waals surface area contributed by atoms with Crippen LogP contribution in [-0.4, -0.2) is 26.7 Å². The molecule has 2 atom stereocenters. The van der Waals surface area contributed by atoms with Crippen molar-refractivity contribution in [3.63, 3.8) is 0 Å². The minimum absolute atomic E-state index is 0.135. The summed E-state index contributed by atoms with van der Waals surface area (Å²) in [4.78, 5) is 18.8. The predicted octanol–water partition coefficient (Wildman–Crippen LogP) is 1.38. The predicted molar refractivity (Wildman–Crippen MR) is 76.4 cm³/mol. The van der Waals surface area contributed by atoms with Crippen LogP contribution in [0.5, 0.6) is 0 Å². The van der Waals surface area contributed by atoms with Crippen molar-refractivity contribution in [3.8, 4) is 0 Å². The van der Waals surface area contributed by atoms with Crippen LogP contribution < -0.4 is 4.89 Å². The summed E-state index contributed by atoms with van der Waals surface area (Å²) in [6.07, 6.45) is 1.64. The fraction of sp³-hybridized carbons (Fsp3) is 0.500. The van der Waals surface area contributed by atoms with Crippen LogP contribution in [0.15, 0.2) is 30.3 Å². The van der Waals surface area contributed by atoms with Crippen LogP contribution in [0, 0.1) is 5.92 Å². The lowest BCUT2D eigenvalue weighted by molar-refractivity contribution is -0.145. The molecule has 6 nitrogen and oxygen atoms in total. The summed E-state index contributed by atoms with van der Waals surface area (Å²) >= 11 is 0. The van der Waals surface area contributed by atoms with Crippen LogP contribution in [0.3, 0.4) is 0 Å². The Morgan fingerprint density at radius 1 is 1.29 bits per heavy atom. The topological polar surface area (TPSA) is 81.7 Å². The zero-order valence-corrected chi connectivity index (χ0v) is 12.6. The Labute approximate surface area is 124 Å². The van der Waals surface area contributed by atoms with Crippen LogP contribution >= 0.6 is 0 Å². The first-order valence-corrected chi connectivity index (χ1v) is 8.33. The molecule has 1 saturated carbocycles. The Morgan fingerprint density at radius 2 is 2.00 bits per heavy atom. The van der Waals surface area contributed by atoms with Gasteiger partial charge in [0, 0.05) is 0 Å². The minimum Gasteiger partial charge on any atom is -0.469 e. The molecule has 0 spiro atoms. The summed E-state index contributed by atoms with van der Waals surface area (Å²) in [7, 11) is -2.44. The van der Waals surface area contributed by atoms with E-state index in [2.05, 4.69) is 9.62 Å². The van der Waals surface area contributed by atoms with Crippen molar-refractivity contribution in [1.29, 1.82) is 0 Å². The average Bonchev–Trinajstić information content (AvgIpc) is 2.98. The number of methoxy groups -OCH3 is 1. The number of esters is 1. The van der Waals surface area contributed by atoms with E-state index >= 15 is 0 Å². The third-order valence-corrected chi connectivity index (χ3v) is 5.32. The van der Waals surface area contributed by atoms with Gasteiger partial charge in [-0.1, -0.05) is 41.6 Å². The Bertz CT molecular complexity index is 572. The molecule has 21 heavy (non-hydrogen) atoms. The summed E-state index contributed by atoms with van der Waals surface area (Å²) in [6.45, 7) is 0.135. The second-order valence-electron chi connectivity index (χ2n) is 5.00. The quantitative estimate of drug-likeness (QED) is 0.634. The summed E-state index contributed by atoms with van der Waals surface area (Å²) in [6, 6.07) is 9.23. The minimum atomic E-state index is -3.71. The monoisotopic (exact) mass is 313 g/mol. The average molecular weight is 313 g/mol. The number of carbonyl (C=O) groups is 1. The third kappa shape index (κ3) is 4.03. The van der Waals surface area contributed by atoms with Crippen LogP contribution in [0.1, 0.15) is 24.8 Å². The lowest BCUT2D eigenvalue weighted by atomic mass is 10.1. The Morgan fingerprint density at radius 3 is 2.67 bits per heavy atom. The largest absolute Gasteiger partial charge is 0.469 e. The molecule has 1 aromatic rings. The maximum absolute atomic E-state index is 12.2. The third-order valence-electron chi connectivity index (χ3n) is 3.61. The first-order valence-electron chi connectivity index (χ1n) is 6.79. The van der Waals surface area contributed by atoms with Gasteiger partial charge in [0.1, 0.15) is 0 Å². The Kier molecular flexibility index (Phi) is 5.33. The van der Waals surface area contributed by atoms with Crippen molar-refractivity contribution in [3.05, 3.63) is 35.9 Å². The number of carbonyl (C=O) groups excluding carboxylic acids is 1. The van der Waals surface area contributed by atoms with Gasteiger partial charge >= 0.3 is 5.97 Å². The highest BCUT2D eigenvalue weighted by Crippen LogP contribution is 2.31. The number of benzene rings is 1. The number of hydrogen-bond acceptors (Lipinski definition) is 5. The summed E-state index contributed by atoms with van der Waals surface area (Å²) in [5, 5.41) is -0.791. The van der Waals surface area contributed by atoms with E-state index < -0.39 is 27.2 Å². The molecular formula is C14H19NO5S. The first-order chi connectivity index (χ1) is 10.0. The molecule has 1 aliphatic rings. The zero-order chi connectivity index (χ0) is 15.3. The van der Waals surface area contributed by atoms with Gasteiger partial charge < -0.3 is 4.74 Å². The molecule has 0 saturated heterocycles. The number of ether oxygens (including phenoxy) is 1. The van der Waals surface area contributed by atoms with Crippen molar-refractivity contribution in [1.82, 2.24) is 4.89 Å². The van der Waals surface area contributed by atoms with E-state index in [1.54, 1.807) is 0 Å². The van der Waals surface area contributed by atoms with Gasteiger partial charge in [0.15, 0.2) is 0 Å². The van der Waals surface area contributed by atoms with E-state index in [-0.39, 0.29) is 6.61 Å². The standard InChI is InChI=1S/C14H19NO5S/c1-19-14(16)12-8-5-9-13(12)21(17,18)15-20-10-11-6-3-2-4-7-11/h2-4,6-7,12-13,15H,5,8-10H2,1H3. The lowest BCUT2D eigenvalue weighted by Crippen LogP contribution is -2.39. The molecule has 0 bridgehead atoms. The SMILES string of the molecule is COC(=O)C1CCCC1S(=O)(=O)NOCc1ccccc1. The number of hydrogen-bond donors (Lipinski definition) is 1. The van der Waals surface area contributed by atoms with E-state index in [1.165, 1.54) is 7.11 Å². The highest BCUT2D eigenvalue weighted by Gasteiger charge is 2.42. The van der Waals surface area contributed by atoms with Gasteiger partial charge in [-0.05, 0) is 18.4 Å². The van der Waals surface area contributed by atoms with E-state index in [9.17, 15) is 13.2 Å². The molecule has 0 aliphatic heterocycles. The van der Waals surface area contributed by atoms with E-state index in [4.69, 9.17) is 4.84 Å². The highest BCUT2D eigenvalue weighted by atomic mass is 32.2. The van der Waals surface area contributed by atoms with Crippen molar-refractivity contribution in [2.45, 2.75) is 31.1 Å². The molecule has 7 heteroatoms. The summed E-state index contributed by atoms with van der Waals surface area (Å²) in [5.74, 6) is -1.10. The highest BCUT2D eigenvalue weighted by molar-refractivity contribution is 7.90. The molecule has 2 unspecified atom stereocenters. The summed E-state index contributed by atoms with van der Waals surface area (Å²) < 4.78 is 29.1. The van der Waals surface area contributed by atoms with Gasteiger partial charge in [-0.3, -0.25) is 9.63 Å². The van der Waals surface area contributed by atoms with Crippen molar-refractivity contribution in [2.24, 2.45) is 5.92 Å².